The maximum atomic E-state index is 11.7. The molecule has 0 spiro atoms. The van der Waals surface area contributed by atoms with Crippen LogP contribution in [0.1, 0.15) is 19.3 Å². The number of rotatable bonds is 5. The zero-order valence-electron chi connectivity index (χ0n) is 11.1. The van der Waals surface area contributed by atoms with Crippen molar-refractivity contribution in [1.82, 2.24) is 10.0 Å². The van der Waals surface area contributed by atoms with E-state index in [0.717, 1.165) is 18.8 Å². The summed E-state index contributed by atoms with van der Waals surface area (Å²) in [5, 5.41) is 6.75. The second kappa shape index (κ2) is 6.36. The standard InChI is InChI=1S/C13H21N3O2S/c1-14-19(17,18)13-7-4-6-11(9-13)16-10-12-5-2-3-8-15-12/h4,6-7,9,12,14-16H,2-3,5,8,10H2,1H3. The molecule has 0 aromatic heterocycles. The average molecular weight is 283 g/mol. The van der Waals surface area contributed by atoms with E-state index in [1.165, 1.54) is 26.3 Å². The zero-order chi connectivity index (χ0) is 13.7. The molecule has 1 aromatic rings. The van der Waals surface area contributed by atoms with E-state index >= 15 is 0 Å². The van der Waals surface area contributed by atoms with Crippen LogP contribution >= 0.6 is 0 Å². The van der Waals surface area contributed by atoms with E-state index in [9.17, 15) is 8.42 Å². The van der Waals surface area contributed by atoms with E-state index in [1.54, 1.807) is 18.2 Å². The smallest absolute Gasteiger partial charge is 0.240 e. The highest BCUT2D eigenvalue weighted by molar-refractivity contribution is 7.89. The van der Waals surface area contributed by atoms with Gasteiger partial charge >= 0.3 is 0 Å². The second-order valence-electron chi connectivity index (χ2n) is 4.76. The van der Waals surface area contributed by atoms with Gasteiger partial charge in [0.1, 0.15) is 0 Å². The minimum Gasteiger partial charge on any atom is -0.383 e. The second-order valence-corrected chi connectivity index (χ2v) is 6.65. The molecule has 19 heavy (non-hydrogen) atoms. The molecule has 0 bridgehead atoms. The van der Waals surface area contributed by atoms with Gasteiger partial charge in [-0.05, 0) is 44.6 Å². The molecule has 1 saturated heterocycles. The lowest BCUT2D eigenvalue weighted by Gasteiger charge is -2.24. The van der Waals surface area contributed by atoms with Crippen molar-refractivity contribution >= 4 is 15.7 Å². The predicted molar refractivity (Wildman–Crippen MR) is 76.8 cm³/mol. The van der Waals surface area contributed by atoms with Crippen LogP contribution in [0.3, 0.4) is 0 Å². The Bertz CT molecular complexity index is 510. The first-order valence-electron chi connectivity index (χ1n) is 6.63. The summed E-state index contributed by atoms with van der Waals surface area (Å²) >= 11 is 0. The third kappa shape index (κ3) is 3.92. The number of piperidine rings is 1. The lowest BCUT2D eigenvalue weighted by atomic mass is 10.1. The first kappa shape index (κ1) is 14.3. The monoisotopic (exact) mass is 283 g/mol. The van der Waals surface area contributed by atoms with Gasteiger partial charge in [0.25, 0.3) is 0 Å². The maximum Gasteiger partial charge on any atom is 0.240 e. The molecule has 1 aliphatic heterocycles. The lowest BCUT2D eigenvalue weighted by Crippen LogP contribution is -2.39. The van der Waals surface area contributed by atoms with Gasteiger partial charge in [0.05, 0.1) is 4.90 Å². The Hall–Kier alpha value is -1.11. The zero-order valence-corrected chi connectivity index (χ0v) is 12.0. The van der Waals surface area contributed by atoms with Crippen molar-refractivity contribution in [3.8, 4) is 0 Å². The molecule has 5 nitrogen and oxygen atoms in total. The van der Waals surface area contributed by atoms with Gasteiger partial charge in [0.2, 0.25) is 10.0 Å². The first-order chi connectivity index (χ1) is 9.12. The summed E-state index contributed by atoms with van der Waals surface area (Å²) in [5.74, 6) is 0. The Morgan fingerprint density at radius 2 is 2.21 bits per heavy atom. The molecule has 1 heterocycles. The molecule has 1 aliphatic rings. The molecule has 0 amide bonds. The molecule has 0 aliphatic carbocycles. The van der Waals surface area contributed by atoms with Gasteiger partial charge in [0.15, 0.2) is 0 Å². The fourth-order valence-electron chi connectivity index (χ4n) is 2.23. The summed E-state index contributed by atoms with van der Waals surface area (Å²) in [4.78, 5) is 0.289. The van der Waals surface area contributed by atoms with Crippen LogP contribution < -0.4 is 15.4 Å². The third-order valence-corrected chi connectivity index (χ3v) is 4.79. The molecule has 2 rings (SSSR count). The molecule has 1 fully saturated rings. The molecule has 1 atom stereocenters. The van der Waals surface area contributed by atoms with E-state index < -0.39 is 10.0 Å². The van der Waals surface area contributed by atoms with Gasteiger partial charge in [-0.2, -0.15) is 0 Å². The summed E-state index contributed by atoms with van der Waals surface area (Å²) in [6.07, 6.45) is 3.67. The van der Waals surface area contributed by atoms with Gasteiger partial charge in [0, 0.05) is 18.3 Å². The number of hydrogen-bond acceptors (Lipinski definition) is 4. The molecule has 0 radical (unpaired) electrons. The molecule has 1 unspecified atom stereocenters. The van der Waals surface area contributed by atoms with Crippen molar-refractivity contribution in [2.24, 2.45) is 0 Å². The quantitative estimate of drug-likeness (QED) is 0.758. The fraction of sp³-hybridized carbons (Fsp3) is 0.538. The molecular weight excluding hydrogens is 262 g/mol. The summed E-state index contributed by atoms with van der Waals surface area (Å²) in [6, 6.07) is 7.36. The van der Waals surface area contributed by atoms with Crippen molar-refractivity contribution < 1.29 is 8.42 Å². The van der Waals surface area contributed by atoms with Crippen LogP contribution in [-0.2, 0) is 10.0 Å². The van der Waals surface area contributed by atoms with Crippen molar-refractivity contribution in [2.45, 2.75) is 30.2 Å². The number of hydrogen-bond donors (Lipinski definition) is 3. The Kier molecular flexibility index (Phi) is 4.79. The van der Waals surface area contributed by atoms with E-state index in [-0.39, 0.29) is 4.90 Å². The molecule has 106 valence electrons. The van der Waals surface area contributed by atoms with Crippen molar-refractivity contribution in [2.75, 3.05) is 25.5 Å². The van der Waals surface area contributed by atoms with Crippen molar-refractivity contribution in [3.63, 3.8) is 0 Å². The minimum absolute atomic E-state index is 0.289. The van der Waals surface area contributed by atoms with E-state index in [2.05, 4.69) is 15.4 Å². The summed E-state index contributed by atoms with van der Waals surface area (Å²) in [7, 11) is -1.95. The Morgan fingerprint density at radius 1 is 1.37 bits per heavy atom. The number of nitrogens with one attached hydrogen (secondary N) is 3. The number of sulfonamides is 1. The van der Waals surface area contributed by atoms with Crippen LogP contribution in [0.15, 0.2) is 29.2 Å². The molecule has 0 saturated carbocycles. The van der Waals surface area contributed by atoms with Gasteiger partial charge < -0.3 is 10.6 Å². The summed E-state index contributed by atoms with van der Waals surface area (Å²) in [6.45, 7) is 1.89. The lowest BCUT2D eigenvalue weighted by molar-refractivity contribution is 0.414. The summed E-state index contributed by atoms with van der Waals surface area (Å²) < 4.78 is 25.7. The first-order valence-corrected chi connectivity index (χ1v) is 8.11. The van der Waals surface area contributed by atoms with Gasteiger partial charge in [-0.1, -0.05) is 12.5 Å². The summed E-state index contributed by atoms with van der Waals surface area (Å²) in [5.41, 5.74) is 0.837. The highest BCUT2D eigenvalue weighted by atomic mass is 32.2. The van der Waals surface area contributed by atoms with Crippen LogP contribution in [-0.4, -0.2) is 34.6 Å². The van der Waals surface area contributed by atoms with E-state index in [0.29, 0.717) is 6.04 Å². The molecule has 1 aromatic carbocycles. The van der Waals surface area contributed by atoms with Crippen LogP contribution in [0.5, 0.6) is 0 Å². The highest BCUT2D eigenvalue weighted by Crippen LogP contribution is 2.16. The molecular formula is C13H21N3O2S. The van der Waals surface area contributed by atoms with Crippen LogP contribution in [0.25, 0.3) is 0 Å². The Balaban J connectivity index is 1.99. The minimum atomic E-state index is -3.37. The number of benzene rings is 1. The predicted octanol–water partition coefficient (Wildman–Crippen LogP) is 1.15. The van der Waals surface area contributed by atoms with E-state index in [4.69, 9.17) is 0 Å². The van der Waals surface area contributed by atoms with Gasteiger partial charge in [-0.15, -0.1) is 0 Å². The van der Waals surface area contributed by atoms with Crippen molar-refractivity contribution in [3.05, 3.63) is 24.3 Å². The molecule has 6 heteroatoms. The largest absolute Gasteiger partial charge is 0.383 e. The third-order valence-electron chi connectivity index (χ3n) is 3.38. The van der Waals surface area contributed by atoms with Gasteiger partial charge in [-0.3, -0.25) is 0 Å². The topological polar surface area (TPSA) is 70.2 Å². The SMILES string of the molecule is CNS(=O)(=O)c1cccc(NCC2CCCCN2)c1. The van der Waals surface area contributed by atoms with Crippen LogP contribution in [0, 0.1) is 0 Å². The van der Waals surface area contributed by atoms with Crippen LogP contribution in [0.4, 0.5) is 5.69 Å². The number of anilines is 1. The highest BCUT2D eigenvalue weighted by Gasteiger charge is 2.13. The van der Waals surface area contributed by atoms with Gasteiger partial charge in [-0.25, -0.2) is 13.1 Å². The maximum absolute atomic E-state index is 11.7. The Labute approximate surface area is 114 Å². The van der Waals surface area contributed by atoms with Crippen molar-refractivity contribution in [1.29, 1.82) is 0 Å². The average Bonchev–Trinajstić information content (AvgIpc) is 2.46. The molecule has 3 N–H and O–H groups in total. The van der Waals surface area contributed by atoms with E-state index in [1.807, 2.05) is 6.07 Å². The van der Waals surface area contributed by atoms with Crippen LogP contribution in [0.2, 0.25) is 0 Å². The normalized spacial score (nSPS) is 20.2. The Morgan fingerprint density at radius 3 is 2.89 bits per heavy atom. The fourth-order valence-corrected chi connectivity index (χ4v) is 3.01.